The minimum Gasteiger partial charge on any atom is -0.465 e. The molecule has 0 unspecified atom stereocenters. The summed E-state index contributed by atoms with van der Waals surface area (Å²) in [6.07, 6.45) is 48.2. The molecule has 374 valence electrons. The van der Waals surface area contributed by atoms with Crippen LogP contribution in [0.15, 0.2) is 0 Å². The SMILES string of the molecule is CCCCCCCCC(CCCCCCCC)CNC(=O)CCCCCN(CCO)CCN(CCCCCC(=O)OCC(CCCCCCCC)CCCCCCCC)C1CCC1. The lowest BCUT2D eigenvalue weighted by molar-refractivity contribution is -0.145. The van der Waals surface area contributed by atoms with E-state index in [4.69, 9.17) is 4.74 Å². The summed E-state index contributed by atoms with van der Waals surface area (Å²) in [6, 6.07) is 0.691. The first kappa shape index (κ1) is 59.8. The molecule has 0 aromatic carbocycles. The number of aliphatic hydroxyl groups is 1. The molecule has 1 saturated carbocycles. The number of esters is 1. The number of hydrogen-bond acceptors (Lipinski definition) is 6. The van der Waals surface area contributed by atoms with Crippen LogP contribution in [-0.2, 0) is 14.3 Å². The van der Waals surface area contributed by atoms with Crippen molar-refractivity contribution < 1.29 is 19.4 Å². The van der Waals surface area contributed by atoms with Crippen LogP contribution in [0, 0.1) is 11.8 Å². The first-order valence-electron chi connectivity index (χ1n) is 28.5. The molecule has 1 fully saturated rings. The highest BCUT2D eigenvalue weighted by Crippen LogP contribution is 2.26. The predicted molar refractivity (Wildman–Crippen MR) is 273 cm³/mol. The van der Waals surface area contributed by atoms with Gasteiger partial charge in [-0.3, -0.25) is 19.4 Å². The fourth-order valence-electron chi connectivity index (χ4n) is 9.68. The van der Waals surface area contributed by atoms with Crippen molar-refractivity contribution in [1.82, 2.24) is 15.1 Å². The Balaban J connectivity index is 2.37. The lowest BCUT2D eigenvalue weighted by Gasteiger charge is -2.39. The van der Waals surface area contributed by atoms with E-state index in [9.17, 15) is 14.7 Å². The maximum absolute atomic E-state index is 12.9. The maximum atomic E-state index is 12.9. The molecule has 63 heavy (non-hydrogen) atoms. The molecule has 1 aliphatic carbocycles. The Hall–Kier alpha value is -1.18. The lowest BCUT2D eigenvalue weighted by Crippen LogP contribution is -2.45. The molecule has 0 radical (unpaired) electrons. The summed E-state index contributed by atoms with van der Waals surface area (Å²) in [6.45, 7) is 15.6. The number of carbonyl (C=O) groups is 2. The normalized spacial score (nSPS) is 13.2. The van der Waals surface area contributed by atoms with Crippen molar-refractivity contribution in [3.63, 3.8) is 0 Å². The van der Waals surface area contributed by atoms with Gasteiger partial charge in [0.2, 0.25) is 5.91 Å². The smallest absolute Gasteiger partial charge is 0.305 e. The zero-order chi connectivity index (χ0) is 45.7. The molecular formula is C56H111N3O4. The Morgan fingerprint density at radius 2 is 0.952 bits per heavy atom. The van der Waals surface area contributed by atoms with E-state index >= 15 is 0 Å². The zero-order valence-electron chi connectivity index (χ0n) is 43.0. The molecule has 0 aromatic rings. The van der Waals surface area contributed by atoms with Gasteiger partial charge in [-0.25, -0.2) is 0 Å². The maximum Gasteiger partial charge on any atom is 0.305 e. The second kappa shape index (κ2) is 46.0. The molecule has 0 atom stereocenters. The third-order valence-corrected chi connectivity index (χ3v) is 14.3. The lowest BCUT2D eigenvalue weighted by atomic mass is 9.91. The van der Waals surface area contributed by atoms with Crippen molar-refractivity contribution in [3.05, 3.63) is 0 Å². The van der Waals surface area contributed by atoms with Crippen molar-refractivity contribution in [2.45, 2.75) is 284 Å². The van der Waals surface area contributed by atoms with Crippen LogP contribution in [0.3, 0.4) is 0 Å². The number of nitrogens with one attached hydrogen (secondary N) is 1. The molecule has 1 aliphatic rings. The van der Waals surface area contributed by atoms with E-state index in [1.807, 2.05) is 0 Å². The van der Waals surface area contributed by atoms with Crippen LogP contribution in [0.2, 0.25) is 0 Å². The molecule has 1 rings (SSSR count). The standard InChI is InChI=1S/C56H111N3O4/c1-5-9-13-17-21-27-36-52(37-28-22-18-14-10-6-2)50-57-55(61)42-31-25-33-44-58(48-49-60)46-47-59(54-40-35-41-54)45-34-26-32-43-56(62)63-51-53(38-29-23-19-15-11-7-3)39-30-24-20-16-12-8-4/h52-54,60H,5-51H2,1-4H3,(H,57,61). The first-order valence-corrected chi connectivity index (χ1v) is 28.5. The van der Waals surface area contributed by atoms with Crippen LogP contribution < -0.4 is 5.32 Å². The van der Waals surface area contributed by atoms with E-state index in [0.717, 1.165) is 77.8 Å². The molecular weight excluding hydrogens is 779 g/mol. The van der Waals surface area contributed by atoms with Gasteiger partial charge in [0, 0.05) is 45.1 Å². The number of nitrogens with zero attached hydrogens (tertiary/aromatic N) is 2. The van der Waals surface area contributed by atoms with Crippen LogP contribution in [0.1, 0.15) is 278 Å². The Morgan fingerprint density at radius 3 is 1.43 bits per heavy atom. The molecule has 0 aromatic heterocycles. The topological polar surface area (TPSA) is 82.1 Å². The van der Waals surface area contributed by atoms with E-state index < -0.39 is 0 Å². The molecule has 0 bridgehead atoms. The fraction of sp³-hybridized carbons (Fsp3) is 0.964. The van der Waals surface area contributed by atoms with Gasteiger partial charge in [0.15, 0.2) is 0 Å². The van der Waals surface area contributed by atoms with Crippen molar-refractivity contribution in [3.8, 4) is 0 Å². The molecule has 1 amide bonds. The van der Waals surface area contributed by atoms with E-state index in [1.165, 1.54) is 199 Å². The number of rotatable bonds is 50. The molecule has 0 saturated heterocycles. The van der Waals surface area contributed by atoms with Crippen molar-refractivity contribution >= 4 is 11.9 Å². The largest absolute Gasteiger partial charge is 0.465 e. The zero-order valence-corrected chi connectivity index (χ0v) is 43.0. The summed E-state index contributed by atoms with van der Waals surface area (Å²) >= 11 is 0. The van der Waals surface area contributed by atoms with E-state index in [-0.39, 0.29) is 18.5 Å². The second-order valence-electron chi connectivity index (χ2n) is 20.3. The molecule has 2 N–H and O–H groups in total. The molecule has 0 spiro atoms. The highest BCUT2D eigenvalue weighted by Gasteiger charge is 2.25. The Morgan fingerprint density at radius 1 is 0.508 bits per heavy atom. The summed E-state index contributed by atoms with van der Waals surface area (Å²) in [4.78, 5) is 30.8. The van der Waals surface area contributed by atoms with Crippen LogP contribution in [0.5, 0.6) is 0 Å². The number of amides is 1. The fourth-order valence-corrected chi connectivity index (χ4v) is 9.68. The van der Waals surface area contributed by atoms with Crippen molar-refractivity contribution in [2.24, 2.45) is 11.8 Å². The van der Waals surface area contributed by atoms with Crippen LogP contribution in [0.4, 0.5) is 0 Å². The highest BCUT2D eigenvalue weighted by atomic mass is 16.5. The number of unbranched alkanes of at least 4 members (excludes halogenated alkanes) is 24. The van der Waals surface area contributed by atoms with Gasteiger partial charge in [-0.2, -0.15) is 0 Å². The number of hydrogen-bond donors (Lipinski definition) is 2. The average molecular weight is 891 g/mol. The van der Waals surface area contributed by atoms with Gasteiger partial charge >= 0.3 is 5.97 Å². The number of carbonyl (C=O) groups excluding carboxylic acids is 2. The van der Waals surface area contributed by atoms with Crippen molar-refractivity contribution in [1.29, 1.82) is 0 Å². The van der Waals surface area contributed by atoms with E-state index in [0.29, 0.717) is 37.3 Å². The highest BCUT2D eigenvalue weighted by molar-refractivity contribution is 5.75. The quantitative estimate of drug-likeness (QED) is 0.0468. The van der Waals surface area contributed by atoms with Crippen LogP contribution >= 0.6 is 0 Å². The second-order valence-corrected chi connectivity index (χ2v) is 20.3. The van der Waals surface area contributed by atoms with Gasteiger partial charge in [-0.05, 0) is 89.1 Å². The Kier molecular flexibility index (Phi) is 43.6. The minimum atomic E-state index is 0.00765. The van der Waals surface area contributed by atoms with Gasteiger partial charge in [0.1, 0.15) is 0 Å². The van der Waals surface area contributed by atoms with Gasteiger partial charge in [-0.1, -0.05) is 201 Å². The van der Waals surface area contributed by atoms with Crippen LogP contribution in [0.25, 0.3) is 0 Å². The van der Waals surface area contributed by atoms with Gasteiger partial charge in [-0.15, -0.1) is 0 Å². The third kappa shape index (κ3) is 37.6. The number of ether oxygens (including phenoxy) is 1. The average Bonchev–Trinajstić information content (AvgIpc) is 3.26. The van der Waals surface area contributed by atoms with Crippen molar-refractivity contribution in [2.75, 3.05) is 52.5 Å². The van der Waals surface area contributed by atoms with E-state index in [1.54, 1.807) is 0 Å². The van der Waals surface area contributed by atoms with Crippen LogP contribution in [-0.4, -0.2) is 85.3 Å². The third-order valence-electron chi connectivity index (χ3n) is 14.3. The summed E-state index contributed by atoms with van der Waals surface area (Å²) in [5.74, 6) is 1.40. The van der Waals surface area contributed by atoms with Gasteiger partial charge in [0.25, 0.3) is 0 Å². The molecule has 0 heterocycles. The molecule has 7 nitrogen and oxygen atoms in total. The minimum absolute atomic E-state index is 0.00765. The van der Waals surface area contributed by atoms with Gasteiger partial charge in [0.05, 0.1) is 13.2 Å². The van der Waals surface area contributed by atoms with E-state index in [2.05, 4.69) is 42.8 Å². The summed E-state index contributed by atoms with van der Waals surface area (Å²) in [5, 5.41) is 13.2. The van der Waals surface area contributed by atoms with Gasteiger partial charge < -0.3 is 15.2 Å². The Labute approximate surface area is 393 Å². The Bertz CT molecular complexity index is 944. The molecule has 0 aliphatic heterocycles. The number of aliphatic hydroxyl groups excluding tert-OH is 1. The molecule has 7 heteroatoms. The monoisotopic (exact) mass is 890 g/mol. The summed E-state index contributed by atoms with van der Waals surface area (Å²) < 4.78 is 5.91. The summed E-state index contributed by atoms with van der Waals surface area (Å²) in [7, 11) is 0. The first-order chi connectivity index (χ1) is 31.0. The predicted octanol–water partition coefficient (Wildman–Crippen LogP) is 15.2. The summed E-state index contributed by atoms with van der Waals surface area (Å²) in [5.41, 5.74) is 0.